The molecule has 1 aromatic heterocycles. The Labute approximate surface area is 130 Å². The predicted molar refractivity (Wildman–Crippen MR) is 86.8 cm³/mol. The summed E-state index contributed by atoms with van der Waals surface area (Å²) >= 11 is 1.86. The maximum absolute atomic E-state index is 11.8. The Kier molecular flexibility index (Phi) is 5.05. The highest BCUT2D eigenvalue weighted by atomic mass is 32.2. The summed E-state index contributed by atoms with van der Waals surface area (Å²) in [5.41, 5.74) is 6.28. The molecule has 1 fully saturated rings. The second kappa shape index (κ2) is 6.62. The van der Waals surface area contributed by atoms with E-state index in [9.17, 15) is 4.79 Å². The van der Waals surface area contributed by atoms with E-state index in [0.717, 1.165) is 31.7 Å². The van der Waals surface area contributed by atoms with E-state index in [1.165, 1.54) is 4.90 Å². The fourth-order valence-electron chi connectivity index (χ4n) is 2.47. The molecule has 0 unspecified atom stereocenters. The predicted octanol–water partition coefficient (Wildman–Crippen LogP) is 0.839. The van der Waals surface area contributed by atoms with Crippen LogP contribution in [0.3, 0.4) is 0 Å². The molecule has 2 rings (SSSR count). The first-order chi connectivity index (χ1) is 10.0. The van der Waals surface area contributed by atoms with Gasteiger partial charge in [0.25, 0.3) is 5.91 Å². The number of aromatic nitrogens is 2. The Balaban J connectivity index is 2.03. The molecule has 1 aliphatic heterocycles. The van der Waals surface area contributed by atoms with Crippen LogP contribution in [0.2, 0.25) is 0 Å². The van der Waals surface area contributed by atoms with Crippen LogP contribution >= 0.6 is 11.8 Å². The molecule has 2 heterocycles. The van der Waals surface area contributed by atoms with Crippen molar-refractivity contribution in [3.8, 4) is 0 Å². The van der Waals surface area contributed by atoms with Gasteiger partial charge in [-0.25, -0.2) is 0 Å². The zero-order valence-corrected chi connectivity index (χ0v) is 13.7. The van der Waals surface area contributed by atoms with Gasteiger partial charge in [0.1, 0.15) is 0 Å². The minimum Gasteiger partial charge on any atom is -0.355 e. The minimum atomic E-state index is -0.128. The van der Waals surface area contributed by atoms with Gasteiger partial charge in [0, 0.05) is 38.5 Å². The van der Waals surface area contributed by atoms with Crippen molar-refractivity contribution in [1.82, 2.24) is 15.1 Å². The maximum Gasteiger partial charge on any atom is 0.273 e. The van der Waals surface area contributed by atoms with Crippen LogP contribution in [0.4, 0.5) is 5.82 Å². The molecule has 0 aromatic carbocycles. The fourth-order valence-corrected chi connectivity index (χ4v) is 3.23. The molecule has 7 heteroatoms. The summed E-state index contributed by atoms with van der Waals surface area (Å²) in [6.07, 6.45) is 4.22. The van der Waals surface area contributed by atoms with E-state index in [0.29, 0.717) is 12.2 Å². The summed E-state index contributed by atoms with van der Waals surface area (Å²) < 4.78 is 0.199. The molecular formula is C14H23N5OS. The molecule has 1 aliphatic rings. The molecule has 21 heavy (non-hydrogen) atoms. The third kappa shape index (κ3) is 3.47. The van der Waals surface area contributed by atoms with E-state index in [-0.39, 0.29) is 10.7 Å². The largest absolute Gasteiger partial charge is 0.355 e. The number of carbonyl (C=O) groups excluding carboxylic acids is 1. The maximum atomic E-state index is 11.8. The molecule has 0 atom stereocenters. The van der Waals surface area contributed by atoms with E-state index in [1.54, 1.807) is 20.2 Å². The van der Waals surface area contributed by atoms with Crippen molar-refractivity contribution in [2.45, 2.75) is 17.6 Å². The quantitative estimate of drug-likeness (QED) is 0.888. The number of hydrogen-bond donors (Lipinski definition) is 1. The lowest BCUT2D eigenvalue weighted by molar-refractivity contribution is 0.0821. The fraction of sp³-hybridized carbons (Fsp3) is 0.643. The van der Waals surface area contributed by atoms with Gasteiger partial charge in [-0.3, -0.25) is 4.79 Å². The molecule has 0 radical (unpaired) electrons. The first kappa shape index (κ1) is 16.0. The molecule has 0 aliphatic carbocycles. The molecule has 0 bridgehead atoms. The topological polar surface area (TPSA) is 75.3 Å². The average molecular weight is 309 g/mol. The number of hydrogen-bond acceptors (Lipinski definition) is 6. The monoisotopic (exact) mass is 309 g/mol. The molecule has 1 saturated heterocycles. The molecule has 2 N–H and O–H groups in total. The van der Waals surface area contributed by atoms with Gasteiger partial charge in [-0.2, -0.15) is 11.8 Å². The minimum absolute atomic E-state index is 0.128. The number of nitrogens with two attached hydrogens (primary N) is 1. The van der Waals surface area contributed by atoms with Crippen LogP contribution in [0.1, 0.15) is 23.3 Å². The smallest absolute Gasteiger partial charge is 0.273 e. The molecule has 116 valence electrons. The third-order valence-corrected chi connectivity index (χ3v) is 5.52. The second-order valence-corrected chi connectivity index (χ2v) is 6.83. The van der Waals surface area contributed by atoms with Gasteiger partial charge in [-0.1, -0.05) is 0 Å². The van der Waals surface area contributed by atoms with Gasteiger partial charge in [-0.15, -0.1) is 10.2 Å². The summed E-state index contributed by atoms with van der Waals surface area (Å²) in [4.78, 5) is 15.5. The number of amides is 1. The summed E-state index contributed by atoms with van der Waals surface area (Å²) in [5.74, 6) is 0.703. The van der Waals surface area contributed by atoms with Crippen LogP contribution in [0.15, 0.2) is 12.1 Å². The van der Waals surface area contributed by atoms with Crippen molar-refractivity contribution >= 4 is 23.5 Å². The Morgan fingerprint density at radius 3 is 2.48 bits per heavy atom. The lowest BCUT2D eigenvalue weighted by atomic mass is 9.96. The Morgan fingerprint density at radius 2 is 2.05 bits per heavy atom. The zero-order chi connectivity index (χ0) is 15.5. The number of anilines is 1. The zero-order valence-electron chi connectivity index (χ0n) is 12.9. The van der Waals surface area contributed by atoms with E-state index >= 15 is 0 Å². The van der Waals surface area contributed by atoms with Crippen molar-refractivity contribution in [3.63, 3.8) is 0 Å². The summed E-state index contributed by atoms with van der Waals surface area (Å²) in [6, 6.07) is 3.61. The molecule has 0 spiro atoms. The van der Waals surface area contributed by atoms with Crippen LogP contribution in [0.5, 0.6) is 0 Å². The van der Waals surface area contributed by atoms with Crippen LogP contribution < -0.4 is 10.6 Å². The summed E-state index contributed by atoms with van der Waals surface area (Å²) in [7, 11) is 3.41. The van der Waals surface area contributed by atoms with E-state index in [4.69, 9.17) is 5.73 Å². The van der Waals surface area contributed by atoms with Gasteiger partial charge in [0.2, 0.25) is 0 Å². The number of rotatable bonds is 4. The Morgan fingerprint density at radius 1 is 1.38 bits per heavy atom. The van der Waals surface area contributed by atoms with Crippen molar-refractivity contribution in [1.29, 1.82) is 0 Å². The molecular weight excluding hydrogens is 286 g/mol. The third-order valence-electron chi connectivity index (χ3n) is 4.08. The molecule has 1 aromatic rings. The summed E-state index contributed by atoms with van der Waals surface area (Å²) in [6.45, 7) is 2.56. The van der Waals surface area contributed by atoms with Gasteiger partial charge in [-0.05, 0) is 31.2 Å². The average Bonchev–Trinajstić information content (AvgIpc) is 2.54. The highest BCUT2D eigenvalue weighted by Gasteiger charge is 2.33. The van der Waals surface area contributed by atoms with Crippen molar-refractivity contribution in [3.05, 3.63) is 17.8 Å². The van der Waals surface area contributed by atoms with E-state index < -0.39 is 0 Å². The van der Waals surface area contributed by atoms with Crippen molar-refractivity contribution < 1.29 is 4.79 Å². The van der Waals surface area contributed by atoms with Crippen LogP contribution in [-0.2, 0) is 0 Å². The first-order valence-corrected chi connectivity index (χ1v) is 8.29. The Bertz CT molecular complexity index is 477. The standard InChI is InChI=1S/C14H23N5OS/c1-18(2)13(20)11-4-5-12(17-16-11)19-8-6-14(10-15,21-3)7-9-19/h4-5H,6-10,15H2,1-3H3. The van der Waals surface area contributed by atoms with E-state index in [1.807, 2.05) is 17.8 Å². The van der Waals surface area contributed by atoms with Gasteiger partial charge in [0.15, 0.2) is 11.5 Å². The highest BCUT2D eigenvalue weighted by molar-refractivity contribution is 8.00. The Hall–Kier alpha value is -1.34. The van der Waals surface area contributed by atoms with Gasteiger partial charge < -0.3 is 15.5 Å². The number of piperidine rings is 1. The lowest BCUT2D eigenvalue weighted by Crippen LogP contribution is -2.46. The number of carbonyl (C=O) groups is 1. The van der Waals surface area contributed by atoms with Crippen LogP contribution in [-0.4, -0.2) is 65.7 Å². The van der Waals surface area contributed by atoms with Gasteiger partial charge >= 0.3 is 0 Å². The van der Waals surface area contributed by atoms with Crippen LogP contribution in [0, 0.1) is 0 Å². The molecule has 6 nitrogen and oxygen atoms in total. The number of nitrogens with zero attached hydrogens (tertiary/aromatic N) is 4. The normalized spacial score (nSPS) is 17.6. The first-order valence-electron chi connectivity index (χ1n) is 7.07. The SMILES string of the molecule is CSC1(CN)CCN(c2ccc(C(=O)N(C)C)nn2)CC1. The summed E-state index contributed by atoms with van der Waals surface area (Å²) in [5, 5.41) is 8.23. The lowest BCUT2D eigenvalue weighted by Gasteiger charge is -2.40. The van der Waals surface area contributed by atoms with Crippen molar-refractivity contribution in [2.24, 2.45) is 5.73 Å². The van der Waals surface area contributed by atoms with E-state index in [2.05, 4.69) is 21.4 Å². The van der Waals surface area contributed by atoms with Crippen LogP contribution in [0.25, 0.3) is 0 Å². The molecule has 0 saturated carbocycles. The van der Waals surface area contributed by atoms with Crippen molar-refractivity contribution in [2.75, 3.05) is 44.9 Å². The highest BCUT2D eigenvalue weighted by Crippen LogP contribution is 2.34. The number of thioether (sulfide) groups is 1. The second-order valence-electron chi connectivity index (χ2n) is 5.55. The molecule has 1 amide bonds. The van der Waals surface area contributed by atoms with Gasteiger partial charge in [0.05, 0.1) is 0 Å².